The zero-order valence-electron chi connectivity index (χ0n) is 11.1. The van der Waals surface area contributed by atoms with Gasteiger partial charge in [-0.25, -0.2) is 4.98 Å². The Kier molecular flexibility index (Phi) is 3.40. The summed E-state index contributed by atoms with van der Waals surface area (Å²) in [5.74, 6) is 0.543. The molecule has 0 aliphatic carbocycles. The summed E-state index contributed by atoms with van der Waals surface area (Å²) in [6.07, 6.45) is 1.71. The third-order valence-corrected chi connectivity index (χ3v) is 4.61. The first-order valence-electron chi connectivity index (χ1n) is 5.75. The van der Waals surface area contributed by atoms with Gasteiger partial charge in [0.05, 0.1) is 11.6 Å². The summed E-state index contributed by atoms with van der Waals surface area (Å²) in [6.45, 7) is 0. The van der Waals surface area contributed by atoms with Gasteiger partial charge in [-0.2, -0.15) is 10.1 Å². The van der Waals surface area contributed by atoms with Crippen molar-refractivity contribution in [2.45, 2.75) is 9.37 Å². The maximum atomic E-state index is 4.45. The Morgan fingerprint density at radius 1 is 1.30 bits per heavy atom. The van der Waals surface area contributed by atoms with Crippen LogP contribution in [-0.2, 0) is 0 Å². The second kappa shape index (κ2) is 5.21. The van der Waals surface area contributed by atoms with Gasteiger partial charge in [0.2, 0.25) is 11.1 Å². The van der Waals surface area contributed by atoms with Crippen molar-refractivity contribution < 1.29 is 0 Å². The van der Waals surface area contributed by atoms with Crippen molar-refractivity contribution in [1.29, 1.82) is 0 Å². The van der Waals surface area contributed by atoms with Crippen LogP contribution in [0.15, 0.2) is 15.6 Å². The largest absolute Gasteiger partial charge is 0.357 e. The number of fused-ring (bicyclic) bond motifs is 1. The zero-order chi connectivity index (χ0) is 14.1. The maximum absolute atomic E-state index is 4.45. The fraction of sp³-hybridized carbons (Fsp3) is 0.300. The van der Waals surface area contributed by atoms with E-state index in [9.17, 15) is 0 Å². The lowest BCUT2D eigenvalue weighted by atomic mass is 10.4. The fourth-order valence-corrected chi connectivity index (χ4v) is 3.27. The van der Waals surface area contributed by atoms with Crippen molar-refractivity contribution in [1.82, 2.24) is 30.4 Å². The van der Waals surface area contributed by atoms with Crippen molar-refractivity contribution in [3.8, 4) is 0 Å². The van der Waals surface area contributed by atoms with E-state index in [1.807, 2.05) is 19.0 Å². The van der Waals surface area contributed by atoms with Gasteiger partial charge in [-0.1, -0.05) is 11.3 Å². The second-order valence-electron chi connectivity index (χ2n) is 4.08. The molecule has 0 spiro atoms. The molecule has 2 N–H and O–H groups in total. The molecule has 8 nitrogen and oxygen atoms in total. The minimum Gasteiger partial charge on any atom is -0.357 e. The van der Waals surface area contributed by atoms with Crippen LogP contribution >= 0.6 is 23.1 Å². The van der Waals surface area contributed by atoms with Gasteiger partial charge in [0.15, 0.2) is 9.99 Å². The normalized spacial score (nSPS) is 10.9. The molecule has 0 bridgehead atoms. The number of nitrogens with zero attached hydrogens (tertiary/aromatic N) is 6. The number of hydrogen-bond acceptors (Lipinski definition) is 9. The Labute approximate surface area is 123 Å². The number of anilines is 2. The van der Waals surface area contributed by atoms with Crippen LogP contribution < -0.4 is 10.2 Å². The highest BCUT2D eigenvalue weighted by Gasteiger charge is 2.14. The summed E-state index contributed by atoms with van der Waals surface area (Å²) >= 11 is 2.97. The van der Waals surface area contributed by atoms with Crippen LogP contribution in [0.4, 0.5) is 11.1 Å². The van der Waals surface area contributed by atoms with Gasteiger partial charge in [0, 0.05) is 21.1 Å². The molecule has 3 aromatic heterocycles. The number of rotatable bonds is 4. The molecule has 3 heterocycles. The van der Waals surface area contributed by atoms with Crippen molar-refractivity contribution in [2.75, 3.05) is 31.4 Å². The molecule has 0 saturated carbocycles. The standard InChI is InChI=1S/C10H12N8S2/c1-11-8-13-6-5(4-12-15-6)7(14-8)19-10-17-16-9(20-10)18(2)3/h4H,1-3H3,(H2,11,12,13,14,15). The van der Waals surface area contributed by atoms with Gasteiger partial charge in [-0.05, 0) is 11.8 Å². The summed E-state index contributed by atoms with van der Waals surface area (Å²) in [5, 5.41) is 20.6. The molecule has 10 heteroatoms. The smallest absolute Gasteiger partial charge is 0.225 e. The summed E-state index contributed by atoms with van der Waals surface area (Å²) < 4.78 is 0.831. The van der Waals surface area contributed by atoms with E-state index in [-0.39, 0.29) is 0 Å². The van der Waals surface area contributed by atoms with Crippen LogP contribution in [0, 0.1) is 0 Å². The van der Waals surface area contributed by atoms with E-state index in [2.05, 4.69) is 35.7 Å². The zero-order valence-corrected chi connectivity index (χ0v) is 12.7. The first-order chi connectivity index (χ1) is 9.67. The molecule has 0 aliphatic rings. The van der Waals surface area contributed by atoms with Crippen LogP contribution in [0.2, 0.25) is 0 Å². The van der Waals surface area contributed by atoms with Crippen molar-refractivity contribution in [2.24, 2.45) is 0 Å². The summed E-state index contributed by atoms with van der Waals surface area (Å²) in [6, 6.07) is 0. The number of aromatic nitrogens is 6. The van der Waals surface area contributed by atoms with Crippen LogP contribution in [0.1, 0.15) is 0 Å². The molecule has 104 valence electrons. The highest BCUT2D eigenvalue weighted by atomic mass is 32.2. The molecule has 20 heavy (non-hydrogen) atoms. The minimum atomic E-state index is 0.543. The summed E-state index contributed by atoms with van der Waals surface area (Å²) in [7, 11) is 5.65. The van der Waals surface area contributed by atoms with Gasteiger partial charge in [-0.3, -0.25) is 5.10 Å². The summed E-state index contributed by atoms with van der Waals surface area (Å²) in [4.78, 5) is 10.7. The third kappa shape index (κ3) is 2.39. The maximum Gasteiger partial charge on any atom is 0.225 e. The molecule has 0 aromatic carbocycles. The molecule has 0 saturated heterocycles. The lowest BCUT2D eigenvalue weighted by Gasteiger charge is -2.04. The highest BCUT2D eigenvalue weighted by molar-refractivity contribution is 8.01. The number of aromatic amines is 1. The number of nitrogens with one attached hydrogen (secondary N) is 2. The molecule has 0 atom stereocenters. The number of hydrogen-bond donors (Lipinski definition) is 2. The molecule has 0 unspecified atom stereocenters. The molecular formula is C10H12N8S2. The molecule has 3 aromatic rings. The predicted octanol–water partition coefficient (Wildman–Crippen LogP) is 1.46. The Morgan fingerprint density at radius 3 is 2.85 bits per heavy atom. The Hall–Kier alpha value is -1.94. The molecule has 0 radical (unpaired) electrons. The van der Waals surface area contributed by atoms with E-state index in [0.717, 1.165) is 19.9 Å². The monoisotopic (exact) mass is 308 g/mol. The predicted molar refractivity (Wildman–Crippen MR) is 79.6 cm³/mol. The second-order valence-corrected chi connectivity index (χ2v) is 6.27. The van der Waals surface area contributed by atoms with Crippen molar-refractivity contribution in [3.63, 3.8) is 0 Å². The van der Waals surface area contributed by atoms with Crippen molar-refractivity contribution in [3.05, 3.63) is 6.20 Å². The Bertz CT molecular complexity index is 734. The SMILES string of the molecule is CNc1nc(Sc2nnc(N(C)C)s2)c2cn[nH]c2n1. The topological polar surface area (TPSA) is 95.5 Å². The van der Waals surface area contributed by atoms with E-state index in [4.69, 9.17) is 0 Å². The van der Waals surface area contributed by atoms with Gasteiger partial charge < -0.3 is 10.2 Å². The van der Waals surface area contributed by atoms with E-state index >= 15 is 0 Å². The third-order valence-electron chi connectivity index (χ3n) is 2.46. The van der Waals surface area contributed by atoms with E-state index in [0.29, 0.717) is 11.6 Å². The van der Waals surface area contributed by atoms with E-state index < -0.39 is 0 Å². The summed E-state index contributed by atoms with van der Waals surface area (Å²) in [5.41, 5.74) is 0.698. The lowest BCUT2D eigenvalue weighted by molar-refractivity contribution is 0.970. The van der Waals surface area contributed by atoms with Crippen LogP contribution in [0.3, 0.4) is 0 Å². The fourth-order valence-electron chi connectivity index (χ4n) is 1.51. The average Bonchev–Trinajstić information content (AvgIpc) is 3.06. The van der Waals surface area contributed by atoms with E-state index in [1.165, 1.54) is 23.1 Å². The lowest BCUT2D eigenvalue weighted by Crippen LogP contribution is -2.07. The van der Waals surface area contributed by atoms with Gasteiger partial charge >= 0.3 is 0 Å². The molecule has 3 rings (SSSR count). The van der Waals surface area contributed by atoms with Gasteiger partial charge in [-0.15, -0.1) is 10.2 Å². The highest BCUT2D eigenvalue weighted by Crippen LogP contribution is 2.35. The first-order valence-corrected chi connectivity index (χ1v) is 7.38. The van der Waals surface area contributed by atoms with Gasteiger partial charge in [0.1, 0.15) is 5.03 Å². The number of H-pyrrole nitrogens is 1. The van der Waals surface area contributed by atoms with Gasteiger partial charge in [0.25, 0.3) is 0 Å². The Balaban J connectivity index is 1.98. The Morgan fingerprint density at radius 2 is 2.15 bits per heavy atom. The van der Waals surface area contributed by atoms with Crippen LogP contribution in [0.25, 0.3) is 11.0 Å². The molecule has 0 fully saturated rings. The molecule has 0 aliphatic heterocycles. The molecule has 0 amide bonds. The first kappa shape index (κ1) is 13.1. The van der Waals surface area contributed by atoms with Crippen molar-refractivity contribution >= 4 is 45.2 Å². The van der Waals surface area contributed by atoms with Crippen LogP contribution in [-0.4, -0.2) is 51.5 Å². The molecular weight excluding hydrogens is 296 g/mol. The van der Waals surface area contributed by atoms with Crippen LogP contribution in [0.5, 0.6) is 0 Å². The quantitative estimate of drug-likeness (QED) is 0.699. The van der Waals surface area contributed by atoms with E-state index in [1.54, 1.807) is 13.2 Å². The minimum absolute atomic E-state index is 0.543. The average molecular weight is 308 g/mol.